The van der Waals surface area contributed by atoms with Crippen molar-refractivity contribution >= 4 is 0 Å². The molecule has 1 aromatic heterocycles. The first kappa shape index (κ1) is 11.9. The van der Waals surface area contributed by atoms with E-state index >= 15 is 0 Å². The van der Waals surface area contributed by atoms with E-state index in [0.717, 1.165) is 62.5 Å². The summed E-state index contributed by atoms with van der Waals surface area (Å²) in [6.45, 7) is 6.19. The Bertz CT molecular complexity index is 490. The predicted molar refractivity (Wildman–Crippen MR) is 69.7 cm³/mol. The molecule has 0 radical (unpaired) electrons. The summed E-state index contributed by atoms with van der Waals surface area (Å²) in [5, 5.41) is 3.34. The Labute approximate surface area is 107 Å². The fourth-order valence-electron chi connectivity index (χ4n) is 2.90. The topological polar surface area (TPSA) is 61.0 Å². The number of hydrogen-bond acceptors (Lipinski definition) is 4. The molecule has 1 atom stereocenters. The van der Waals surface area contributed by atoms with E-state index in [9.17, 15) is 4.79 Å². The molecule has 98 valence electrons. The average molecular weight is 248 g/mol. The standard InChI is InChI=1S/C13H20N4O/c1-9(17-7-5-14-6-8-17)12-15-11-4-2-3-10(11)13(18)16-12/h9,14H,2-8H2,1H3,(H,15,16,18). The molecule has 1 aromatic rings. The minimum Gasteiger partial charge on any atom is -0.314 e. The van der Waals surface area contributed by atoms with E-state index in [-0.39, 0.29) is 11.6 Å². The van der Waals surface area contributed by atoms with Gasteiger partial charge in [0.25, 0.3) is 5.56 Å². The van der Waals surface area contributed by atoms with Gasteiger partial charge in [-0.15, -0.1) is 0 Å². The Morgan fingerprint density at radius 1 is 1.28 bits per heavy atom. The van der Waals surface area contributed by atoms with Crippen molar-refractivity contribution < 1.29 is 0 Å². The molecule has 1 unspecified atom stereocenters. The number of aryl methyl sites for hydroxylation is 1. The molecule has 2 heterocycles. The lowest BCUT2D eigenvalue weighted by atomic mass is 10.2. The summed E-state index contributed by atoms with van der Waals surface area (Å²) in [6.07, 6.45) is 2.91. The van der Waals surface area contributed by atoms with Gasteiger partial charge in [0.2, 0.25) is 0 Å². The molecular formula is C13H20N4O. The first-order valence-corrected chi connectivity index (χ1v) is 6.82. The van der Waals surface area contributed by atoms with E-state index in [1.807, 2.05) is 0 Å². The van der Waals surface area contributed by atoms with E-state index in [1.165, 1.54) is 0 Å². The Hall–Kier alpha value is -1.20. The van der Waals surface area contributed by atoms with Crippen molar-refractivity contribution in [2.45, 2.75) is 32.2 Å². The number of aromatic nitrogens is 2. The minimum absolute atomic E-state index is 0.0782. The number of hydrogen-bond donors (Lipinski definition) is 2. The molecule has 3 rings (SSSR count). The van der Waals surface area contributed by atoms with Crippen molar-refractivity contribution in [3.05, 3.63) is 27.4 Å². The van der Waals surface area contributed by atoms with Crippen LogP contribution in [0.1, 0.15) is 36.5 Å². The average Bonchev–Trinajstić information content (AvgIpc) is 2.88. The smallest absolute Gasteiger partial charge is 0.254 e. The second-order valence-electron chi connectivity index (χ2n) is 5.19. The van der Waals surface area contributed by atoms with Gasteiger partial charge in [-0.3, -0.25) is 9.69 Å². The molecule has 5 nitrogen and oxygen atoms in total. The van der Waals surface area contributed by atoms with Crippen LogP contribution in [0.15, 0.2) is 4.79 Å². The van der Waals surface area contributed by atoms with Crippen LogP contribution < -0.4 is 10.9 Å². The fraction of sp³-hybridized carbons (Fsp3) is 0.692. The first-order chi connectivity index (χ1) is 8.75. The lowest BCUT2D eigenvalue weighted by molar-refractivity contribution is 0.178. The summed E-state index contributed by atoms with van der Waals surface area (Å²) in [4.78, 5) is 22.0. The Kier molecular flexibility index (Phi) is 3.18. The van der Waals surface area contributed by atoms with Crippen molar-refractivity contribution in [2.24, 2.45) is 0 Å². The molecule has 2 aliphatic rings. The number of piperazine rings is 1. The van der Waals surface area contributed by atoms with Gasteiger partial charge in [-0.2, -0.15) is 0 Å². The highest BCUT2D eigenvalue weighted by Crippen LogP contribution is 2.20. The van der Waals surface area contributed by atoms with Crippen LogP contribution in [0, 0.1) is 0 Å². The van der Waals surface area contributed by atoms with Crippen LogP contribution >= 0.6 is 0 Å². The molecule has 0 saturated carbocycles. The fourth-order valence-corrected chi connectivity index (χ4v) is 2.90. The Balaban J connectivity index is 1.87. The highest BCUT2D eigenvalue weighted by molar-refractivity contribution is 5.23. The number of H-pyrrole nitrogens is 1. The Morgan fingerprint density at radius 3 is 2.83 bits per heavy atom. The molecule has 1 fully saturated rings. The van der Waals surface area contributed by atoms with Gasteiger partial charge in [0.15, 0.2) is 0 Å². The zero-order valence-corrected chi connectivity index (χ0v) is 10.8. The van der Waals surface area contributed by atoms with Gasteiger partial charge in [-0.25, -0.2) is 4.98 Å². The third-order valence-corrected chi connectivity index (χ3v) is 4.05. The number of rotatable bonds is 2. The van der Waals surface area contributed by atoms with E-state index < -0.39 is 0 Å². The van der Waals surface area contributed by atoms with Gasteiger partial charge >= 0.3 is 0 Å². The highest BCUT2D eigenvalue weighted by atomic mass is 16.1. The molecule has 18 heavy (non-hydrogen) atoms. The number of nitrogens with one attached hydrogen (secondary N) is 2. The minimum atomic E-state index is 0.0782. The van der Waals surface area contributed by atoms with E-state index in [2.05, 4.69) is 27.1 Å². The summed E-state index contributed by atoms with van der Waals surface area (Å²) in [6, 6.07) is 0.200. The molecule has 2 N–H and O–H groups in total. The van der Waals surface area contributed by atoms with Crippen molar-refractivity contribution in [1.29, 1.82) is 0 Å². The number of nitrogens with zero attached hydrogens (tertiary/aromatic N) is 2. The maximum absolute atomic E-state index is 12.0. The largest absolute Gasteiger partial charge is 0.314 e. The second-order valence-corrected chi connectivity index (χ2v) is 5.19. The predicted octanol–water partition coefficient (Wildman–Crippen LogP) is 0.225. The maximum Gasteiger partial charge on any atom is 0.254 e. The number of fused-ring (bicyclic) bond motifs is 1. The number of aromatic amines is 1. The van der Waals surface area contributed by atoms with Crippen LogP contribution in [0.2, 0.25) is 0 Å². The molecule has 0 aromatic carbocycles. The van der Waals surface area contributed by atoms with Crippen molar-refractivity contribution in [3.8, 4) is 0 Å². The van der Waals surface area contributed by atoms with Gasteiger partial charge in [-0.05, 0) is 26.2 Å². The van der Waals surface area contributed by atoms with Crippen molar-refractivity contribution in [2.75, 3.05) is 26.2 Å². The zero-order chi connectivity index (χ0) is 12.5. The molecular weight excluding hydrogens is 228 g/mol. The van der Waals surface area contributed by atoms with E-state index in [4.69, 9.17) is 0 Å². The lowest BCUT2D eigenvalue weighted by Gasteiger charge is -2.32. The summed E-state index contributed by atoms with van der Waals surface area (Å²) >= 11 is 0. The first-order valence-electron chi connectivity index (χ1n) is 6.82. The van der Waals surface area contributed by atoms with Crippen molar-refractivity contribution in [1.82, 2.24) is 20.2 Å². The van der Waals surface area contributed by atoms with Gasteiger partial charge in [-0.1, -0.05) is 0 Å². The van der Waals surface area contributed by atoms with Crippen LogP contribution in [0.5, 0.6) is 0 Å². The molecule has 5 heteroatoms. The normalized spacial score (nSPS) is 21.8. The van der Waals surface area contributed by atoms with Gasteiger partial charge in [0.05, 0.1) is 11.7 Å². The molecule has 0 spiro atoms. The van der Waals surface area contributed by atoms with Crippen LogP contribution in [0.4, 0.5) is 0 Å². The van der Waals surface area contributed by atoms with Crippen molar-refractivity contribution in [3.63, 3.8) is 0 Å². The van der Waals surface area contributed by atoms with Gasteiger partial charge < -0.3 is 10.3 Å². The lowest BCUT2D eigenvalue weighted by Crippen LogP contribution is -2.45. The monoisotopic (exact) mass is 248 g/mol. The molecule has 1 aliphatic heterocycles. The summed E-state index contributed by atoms with van der Waals surface area (Å²) < 4.78 is 0. The maximum atomic E-state index is 12.0. The summed E-state index contributed by atoms with van der Waals surface area (Å²) in [7, 11) is 0. The second kappa shape index (κ2) is 4.82. The highest BCUT2D eigenvalue weighted by Gasteiger charge is 2.23. The summed E-state index contributed by atoms with van der Waals surface area (Å²) in [5.74, 6) is 0.836. The van der Waals surface area contributed by atoms with Crippen LogP contribution in [0.3, 0.4) is 0 Å². The third-order valence-electron chi connectivity index (χ3n) is 4.05. The Morgan fingerprint density at radius 2 is 2.06 bits per heavy atom. The quantitative estimate of drug-likeness (QED) is 0.786. The summed E-state index contributed by atoms with van der Waals surface area (Å²) in [5.41, 5.74) is 2.01. The zero-order valence-electron chi connectivity index (χ0n) is 10.8. The van der Waals surface area contributed by atoms with Gasteiger partial charge in [0, 0.05) is 31.7 Å². The van der Waals surface area contributed by atoms with Crippen LogP contribution in [-0.4, -0.2) is 41.0 Å². The van der Waals surface area contributed by atoms with E-state index in [0.29, 0.717) is 0 Å². The van der Waals surface area contributed by atoms with E-state index in [1.54, 1.807) is 0 Å². The van der Waals surface area contributed by atoms with Gasteiger partial charge in [0.1, 0.15) is 5.82 Å². The van der Waals surface area contributed by atoms with Crippen LogP contribution in [0.25, 0.3) is 0 Å². The molecule has 0 bridgehead atoms. The SMILES string of the molecule is CC(c1nc2c(c(=O)[nH]1)CCC2)N1CCNCC1. The molecule has 0 amide bonds. The molecule has 1 saturated heterocycles. The molecule has 1 aliphatic carbocycles. The third kappa shape index (κ3) is 2.08. The van der Waals surface area contributed by atoms with Crippen LogP contribution in [-0.2, 0) is 12.8 Å².